The van der Waals surface area contributed by atoms with Crippen molar-refractivity contribution in [2.45, 2.75) is 46.5 Å². The van der Waals surface area contributed by atoms with E-state index in [-0.39, 0.29) is 12.5 Å². The molecule has 1 atom stereocenters. The maximum atomic E-state index is 12.5. The number of nitrogens with zero attached hydrogens (tertiary/aromatic N) is 1. The van der Waals surface area contributed by atoms with Crippen LogP contribution in [0.3, 0.4) is 0 Å². The number of rotatable bonds is 10. The first-order valence-electron chi connectivity index (χ1n) is 10.3. The predicted octanol–water partition coefficient (Wildman–Crippen LogP) is 2.68. The number of hydrogen-bond donors (Lipinski definition) is 2. The fraction of sp³-hybridized carbons (Fsp3) is 0.714. The number of carbonyl (C=O) groups is 2. The van der Waals surface area contributed by atoms with E-state index in [1.807, 2.05) is 0 Å². The zero-order valence-corrected chi connectivity index (χ0v) is 17.7. The molecule has 1 unspecified atom stereocenters. The Morgan fingerprint density at radius 3 is 2.75 bits per heavy atom. The fourth-order valence-electron chi connectivity index (χ4n) is 3.81. The van der Waals surface area contributed by atoms with Crippen LogP contribution in [-0.2, 0) is 9.47 Å². The van der Waals surface area contributed by atoms with Gasteiger partial charge in [-0.2, -0.15) is 0 Å². The summed E-state index contributed by atoms with van der Waals surface area (Å²) in [5, 5.41) is 2.96. The number of aromatic amines is 1. The summed E-state index contributed by atoms with van der Waals surface area (Å²) in [5.74, 6) is 0.184. The van der Waals surface area contributed by atoms with Gasteiger partial charge in [0.25, 0.3) is 5.91 Å². The smallest absolute Gasteiger partial charge is 0.340 e. The molecule has 158 valence electrons. The second-order valence-electron chi connectivity index (χ2n) is 7.76. The van der Waals surface area contributed by atoms with Crippen LogP contribution in [0.25, 0.3) is 0 Å². The minimum atomic E-state index is -0.432. The maximum absolute atomic E-state index is 12.5. The molecule has 0 aromatic carbocycles. The zero-order chi connectivity index (χ0) is 20.5. The van der Waals surface area contributed by atoms with Crippen LogP contribution < -0.4 is 5.32 Å². The fourth-order valence-corrected chi connectivity index (χ4v) is 3.81. The van der Waals surface area contributed by atoms with E-state index in [1.165, 1.54) is 25.9 Å². The first kappa shape index (κ1) is 22.4. The second kappa shape index (κ2) is 11.2. The summed E-state index contributed by atoms with van der Waals surface area (Å²) in [7, 11) is 1.55. The van der Waals surface area contributed by atoms with Gasteiger partial charge in [-0.05, 0) is 64.1 Å². The molecule has 7 heteroatoms. The lowest BCUT2D eigenvalue weighted by molar-refractivity contribution is 0.0387. The van der Waals surface area contributed by atoms with Gasteiger partial charge in [-0.1, -0.05) is 6.92 Å². The number of aryl methyl sites for hydroxylation is 1. The second-order valence-corrected chi connectivity index (χ2v) is 7.76. The molecule has 1 aromatic heterocycles. The van der Waals surface area contributed by atoms with Gasteiger partial charge in [-0.3, -0.25) is 4.79 Å². The van der Waals surface area contributed by atoms with Crippen LogP contribution in [0.2, 0.25) is 0 Å². The molecule has 1 aromatic rings. The standard InChI is InChI=1S/C21H35N3O4/c1-15-8-7-11-24(14-15)10-6-5-9-22-20(25)19-16(2)18(17(3)23-19)21(26)28-13-12-27-4/h15,23H,5-14H2,1-4H3,(H,22,25). The number of ether oxygens (including phenoxy) is 2. The van der Waals surface area contributed by atoms with Crippen molar-refractivity contribution in [3.05, 3.63) is 22.5 Å². The van der Waals surface area contributed by atoms with E-state index in [1.54, 1.807) is 21.0 Å². The minimum absolute atomic E-state index is 0.178. The number of carbonyl (C=O) groups excluding carboxylic acids is 2. The van der Waals surface area contributed by atoms with Crippen LogP contribution in [0.5, 0.6) is 0 Å². The van der Waals surface area contributed by atoms with E-state index >= 15 is 0 Å². The lowest BCUT2D eigenvalue weighted by atomic mass is 10.0. The third-order valence-corrected chi connectivity index (χ3v) is 5.32. The first-order chi connectivity index (χ1) is 13.4. The van der Waals surface area contributed by atoms with Gasteiger partial charge in [0.15, 0.2) is 0 Å². The van der Waals surface area contributed by atoms with E-state index < -0.39 is 5.97 Å². The number of H-pyrrole nitrogens is 1. The normalized spacial score (nSPS) is 17.5. The van der Waals surface area contributed by atoms with Gasteiger partial charge in [0.2, 0.25) is 0 Å². The summed E-state index contributed by atoms with van der Waals surface area (Å²) >= 11 is 0. The molecule has 0 bridgehead atoms. The molecular formula is C21H35N3O4. The Morgan fingerprint density at radius 1 is 1.25 bits per heavy atom. The molecule has 1 saturated heterocycles. The number of unbranched alkanes of at least 4 members (excludes halogenated alkanes) is 1. The van der Waals surface area contributed by atoms with Crippen LogP contribution in [0, 0.1) is 19.8 Å². The van der Waals surface area contributed by atoms with Crippen LogP contribution in [0.15, 0.2) is 0 Å². The van der Waals surface area contributed by atoms with Gasteiger partial charge < -0.3 is 24.7 Å². The third-order valence-electron chi connectivity index (χ3n) is 5.32. The SMILES string of the molecule is COCCOC(=O)c1c(C)[nH]c(C(=O)NCCCCN2CCCC(C)C2)c1C. The highest BCUT2D eigenvalue weighted by atomic mass is 16.6. The number of piperidine rings is 1. The van der Waals surface area contributed by atoms with Gasteiger partial charge in [0, 0.05) is 25.9 Å². The van der Waals surface area contributed by atoms with Crippen molar-refractivity contribution in [3.63, 3.8) is 0 Å². The van der Waals surface area contributed by atoms with Crippen molar-refractivity contribution in [1.29, 1.82) is 0 Å². The number of esters is 1. The monoisotopic (exact) mass is 393 g/mol. The number of aromatic nitrogens is 1. The Hall–Kier alpha value is -1.86. The summed E-state index contributed by atoms with van der Waals surface area (Å²) in [6.45, 7) is 10.5. The van der Waals surface area contributed by atoms with Gasteiger partial charge in [0.1, 0.15) is 12.3 Å². The number of likely N-dealkylation sites (tertiary alicyclic amines) is 1. The Morgan fingerprint density at radius 2 is 2.04 bits per heavy atom. The molecule has 0 spiro atoms. The Labute approximate surface area is 168 Å². The van der Waals surface area contributed by atoms with E-state index in [0.29, 0.717) is 35.7 Å². The summed E-state index contributed by atoms with van der Waals surface area (Å²) in [5.41, 5.74) is 2.13. The van der Waals surface area contributed by atoms with Gasteiger partial charge in [-0.25, -0.2) is 4.79 Å². The van der Waals surface area contributed by atoms with E-state index in [2.05, 4.69) is 22.1 Å². The van der Waals surface area contributed by atoms with Crippen LogP contribution in [0.1, 0.15) is 64.7 Å². The quantitative estimate of drug-likeness (QED) is 0.472. The summed E-state index contributed by atoms with van der Waals surface area (Å²) in [6, 6.07) is 0. The van der Waals surface area contributed by atoms with Crippen molar-refractivity contribution >= 4 is 11.9 Å². The van der Waals surface area contributed by atoms with Crippen LogP contribution in [-0.4, -0.2) is 68.3 Å². The highest BCUT2D eigenvalue weighted by Crippen LogP contribution is 2.19. The minimum Gasteiger partial charge on any atom is -0.460 e. The van der Waals surface area contributed by atoms with Crippen molar-refractivity contribution in [1.82, 2.24) is 15.2 Å². The maximum Gasteiger partial charge on any atom is 0.340 e. The Kier molecular flexibility index (Phi) is 8.99. The van der Waals surface area contributed by atoms with Gasteiger partial charge >= 0.3 is 5.97 Å². The van der Waals surface area contributed by atoms with E-state index in [4.69, 9.17) is 9.47 Å². The molecule has 0 radical (unpaired) electrons. The summed E-state index contributed by atoms with van der Waals surface area (Å²) in [6.07, 6.45) is 4.65. The summed E-state index contributed by atoms with van der Waals surface area (Å²) in [4.78, 5) is 30.3. The molecule has 1 aliphatic heterocycles. The topological polar surface area (TPSA) is 83.7 Å². The Bertz CT molecular complexity index is 656. The number of nitrogens with one attached hydrogen (secondary N) is 2. The van der Waals surface area contributed by atoms with Crippen molar-refractivity contribution in [2.24, 2.45) is 5.92 Å². The molecule has 1 fully saturated rings. The zero-order valence-electron chi connectivity index (χ0n) is 17.7. The largest absolute Gasteiger partial charge is 0.460 e. The predicted molar refractivity (Wildman–Crippen MR) is 109 cm³/mol. The number of hydrogen-bond acceptors (Lipinski definition) is 5. The number of amides is 1. The van der Waals surface area contributed by atoms with E-state index in [0.717, 1.165) is 25.3 Å². The lowest BCUT2D eigenvalue weighted by Crippen LogP contribution is -2.35. The molecule has 1 aliphatic rings. The molecular weight excluding hydrogens is 358 g/mol. The summed E-state index contributed by atoms with van der Waals surface area (Å²) < 4.78 is 10.1. The average Bonchev–Trinajstić information content (AvgIpc) is 2.96. The molecule has 2 heterocycles. The van der Waals surface area contributed by atoms with Crippen molar-refractivity contribution < 1.29 is 19.1 Å². The average molecular weight is 394 g/mol. The molecule has 0 saturated carbocycles. The molecule has 0 aliphatic carbocycles. The highest BCUT2D eigenvalue weighted by molar-refractivity contribution is 6.00. The molecule has 28 heavy (non-hydrogen) atoms. The molecule has 2 rings (SSSR count). The van der Waals surface area contributed by atoms with E-state index in [9.17, 15) is 9.59 Å². The molecule has 1 amide bonds. The Balaban J connectivity index is 1.77. The lowest BCUT2D eigenvalue weighted by Gasteiger charge is -2.30. The molecule has 2 N–H and O–H groups in total. The van der Waals surface area contributed by atoms with Gasteiger partial charge in [-0.15, -0.1) is 0 Å². The molecule has 7 nitrogen and oxygen atoms in total. The van der Waals surface area contributed by atoms with Crippen LogP contribution >= 0.6 is 0 Å². The highest BCUT2D eigenvalue weighted by Gasteiger charge is 2.23. The van der Waals surface area contributed by atoms with Crippen LogP contribution in [0.4, 0.5) is 0 Å². The third kappa shape index (κ3) is 6.34. The van der Waals surface area contributed by atoms with Gasteiger partial charge in [0.05, 0.1) is 12.2 Å². The van der Waals surface area contributed by atoms with Crippen molar-refractivity contribution in [3.8, 4) is 0 Å². The number of methoxy groups -OCH3 is 1. The van der Waals surface area contributed by atoms with Crippen molar-refractivity contribution in [2.75, 3.05) is 46.5 Å². The first-order valence-corrected chi connectivity index (χ1v) is 10.3.